The second kappa shape index (κ2) is 8.43. The number of amides is 2. The van der Waals surface area contributed by atoms with Crippen molar-refractivity contribution in [3.8, 4) is 0 Å². The molecule has 0 aliphatic carbocycles. The zero-order valence-electron chi connectivity index (χ0n) is 16.5. The molecule has 0 saturated carbocycles. The third kappa shape index (κ3) is 4.13. The first-order valence-corrected chi connectivity index (χ1v) is 10.1. The number of rotatable bonds is 5. The van der Waals surface area contributed by atoms with Crippen LogP contribution in [0.4, 0.5) is 0 Å². The van der Waals surface area contributed by atoms with Crippen molar-refractivity contribution in [2.45, 2.75) is 38.6 Å². The minimum Gasteiger partial charge on any atom is -0.352 e. The molecule has 7 nitrogen and oxygen atoms in total. The zero-order valence-corrected chi connectivity index (χ0v) is 16.5. The Morgan fingerprint density at radius 1 is 1.17 bits per heavy atom. The number of nitrogens with one attached hydrogen (secondary N) is 1. The molecule has 1 atom stereocenters. The predicted octanol–water partition coefficient (Wildman–Crippen LogP) is 2.85. The minimum absolute atomic E-state index is 0.0320. The summed E-state index contributed by atoms with van der Waals surface area (Å²) in [5, 5.41) is 7.26. The smallest absolute Gasteiger partial charge is 0.259 e. The van der Waals surface area contributed by atoms with E-state index < -0.39 is 0 Å². The van der Waals surface area contributed by atoms with E-state index in [0.717, 1.165) is 37.8 Å². The minimum atomic E-state index is -0.0820. The SMILES string of the molecule is Cc1cnc2c(C(=O)N3CCCC[C@@H]3CCNC(=O)c3ccccc3)cnn2c1. The molecule has 2 aromatic heterocycles. The standard InChI is InChI=1S/C22H25N5O2/c1-16-13-24-20-19(14-25-27(20)15-16)22(29)26-12-6-5-9-18(26)10-11-23-21(28)17-7-3-2-4-8-17/h2-4,7-8,13-15,18H,5-6,9-12H2,1H3,(H,23,28)/t18-/m1/s1. The highest BCUT2D eigenvalue weighted by molar-refractivity contribution is 5.99. The first-order valence-electron chi connectivity index (χ1n) is 10.1. The van der Waals surface area contributed by atoms with Crippen molar-refractivity contribution in [3.05, 3.63) is 65.6 Å². The fraction of sp³-hybridized carbons (Fsp3) is 0.364. The number of aryl methyl sites for hydroxylation is 1. The van der Waals surface area contributed by atoms with Gasteiger partial charge < -0.3 is 10.2 Å². The van der Waals surface area contributed by atoms with Crippen LogP contribution >= 0.6 is 0 Å². The predicted molar refractivity (Wildman–Crippen MR) is 110 cm³/mol. The van der Waals surface area contributed by atoms with E-state index in [1.165, 1.54) is 0 Å². The Bertz CT molecular complexity index is 1010. The van der Waals surface area contributed by atoms with Gasteiger partial charge in [-0.05, 0) is 50.3 Å². The van der Waals surface area contributed by atoms with E-state index >= 15 is 0 Å². The lowest BCUT2D eigenvalue weighted by atomic mass is 9.98. The van der Waals surface area contributed by atoms with E-state index in [1.54, 1.807) is 29.0 Å². The topological polar surface area (TPSA) is 79.6 Å². The summed E-state index contributed by atoms with van der Waals surface area (Å²) in [7, 11) is 0. The summed E-state index contributed by atoms with van der Waals surface area (Å²) in [6, 6.07) is 9.29. The summed E-state index contributed by atoms with van der Waals surface area (Å²) in [6.45, 7) is 3.20. The van der Waals surface area contributed by atoms with Gasteiger partial charge in [0.2, 0.25) is 0 Å². The Morgan fingerprint density at radius 2 is 2.00 bits per heavy atom. The van der Waals surface area contributed by atoms with Crippen molar-refractivity contribution in [2.24, 2.45) is 0 Å². The Kier molecular flexibility index (Phi) is 5.55. The van der Waals surface area contributed by atoms with Gasteiger partial charge in [0.25, 0.3) is 11.8 Å². The summed E-state index contributed by atoms with van der Waals surface area (Å²) >= 11 is 0. The normalized spacial score (nSPS) is 16.7. The largest absolute Gasteiger partial charge is 0.352 e. The molecule has 3 aromatic rings. The molecule has 1 aromatic carbocycles. The number of hydrogen-bond acceptors (Lipinski definition) is 4. The molecule has 0 bridgehead atoms. The van der Waals surface area contributed by atoms with Crippen LogP contribution in [0.3, 0.4) is 0 Å². The maximum absolute atomic E-state index is 13.2. The molecule has 1 aliphatic rings. The van der Waals surface area contributed by atoms with Crippen LogP contribution in [-0.2, 0) is 0 Å². The highest BCUT2D eigenvalue weighted by Crippen LogP contribution is 2.23. The average molecular weight is 391 g/mol. The van der Waals surface area contributed by atoms with Gasteiger partial charge in [0.15, 0.2) is 5.65 Å². The van der Waals surface area contributed by atoms with E-state index in [1.807, 2.05) is 36.2 Å². The monoisotopic (exact) mass is 391 g/mol. The molecule has 0 spiro atoms. The zero-order chi connectivity index (χ0) is 20.2. The summed E-state index contributed by atoms with van der Waals surface area (Å²) in [4.78, 5) is 31.8. The van der Waals surface area contributed by atoms with Crippen molar-refractivity contribution in [1.29, 1.82) is 0 Å². The molecule has 0 unspecified atom stereocenters. The molecule has 1 aliphatic heterocycles. The average Bonchev–Trinajstić information content (AvgIpc) is 3.17. The highest BCUT2D eigenvalue weighted by Gasteiger charge is 2.29. The molecule has 7 heteroatoms. The fourth-order valence-corrected chi connectivity index (χ4v) is 3.89. The van der Waals surface area contributed by atoms with Gasteiger partial charge in [-0.1, -0.05) is 18.2 Å². The lowest BCUT2D eigenvalue weighted by molar-refractivity contribution is 0.0603. The van der Waals surface area contributed by atoms with Crippen LogP contribution in [0.15, 0.2) is 48.9 Å². The Labute approximate surface area is 169 Å². The molecule has 1 saturated heterocycles. The molecule has 1 fully saturated rings. The van der Waals surface area contributed by atoms with Crippen molar-refractivity contribution in [3.63, 3.8) is 0 Å². The van der Waals surface area contributed by atoms with Gasteiger partial charge in [0.05, 0.1) is 6.20 Å². The van der Waals surface area contributed by atoms with Gasteiger partial charge in [0, 0.05) is 37.1 Å². The van der Waals surface area contributed by atoms with Gasteiger partial charge in [-0.25, -0.2) is 9.50 Å². The number of piperidine rings is 1. The van der Waals surface area contributed by atoms with Crippen LogP contribution in [0.1, 0.15) is 52.0 Å². The molecule has 0 radical (unpaired) electrons. The lowest BCUT2D eigenvalue weighted by Crippen LogP contribution is -2.45. The maximum atomic E-state index is 13.2. The Hall–Kier alpha value is -3.22. The molecule has 29 heavy (non-hydrogen) atoms. The molecule has 2 amide bonds. The van der Waals surface area contributed by atoms with E-state index in [-0.39, 0.29) is 17.9 Å². The van der Waals surface area contributed by atoms with Crippen molar-refractivity contribution in [1.82, 2.24) is 24.8 Å². The molecule has 150 valence electrons. The summed E-state index contributed by atoms with van der Waals surface area (Å²) in [6.07, 6.45) is 8.98. The quantitative estimate of drug-likeness (QED) is 0.725. The molecule has 1 N–H and O–H groups in total. The Morgan fingerprint density at radius 3 is 2.83 bits per heavy atom. The van der Waals surface area contributed by atoms with Crippen LogP contribution in [-0.4, -0.2) is 50.4 Å². The van der Waals surface area contributed by atoms with Gasteiger partial charge in [-0.3, -0.25) is 9.59 Å². The lowest BCUT2D eigenvalue weighted by Gasteiger charge is -2.35. The van der Waals surface area contributed by atoms with Gasteiger partial charge >= 0.3 is 0 Å². The van der Waals surface area contributed by atoms with Crippen molar-refractivity contribution < 1.29 is 9.59 Å². The van der Waals surface area contributed by atoms with Crippen molar-refractivity contribution >= 4 is 17.5 Å². The number of carbonyl (C=O) groups excluding carboxylic acids is 2. The third-order valence-electron chi connectivity index (χ3n) is 5.40. The number of aromatic nitrogens is 3. The third-order valence-corrected chi connectivity index (χ3v) is 5.40. The number of nitrogens with zero attached hydrogens (tertiary/aromatic N) is 4. The Balaban J connectivity index is 1.43. The summed E-state index contributed by atoms with van der Waals surface area (Å²) in [5.41, 5.74) is 2.76. The van der Waals surface area contributed by atoms with Crippen molar-refractivity contribution in [2.75, 3.05) is 13.1 Å². The number of hydrogen-bond donors (Lipinski definition) is 1. The number of fused-ring (bicyclic) bond motifs is 1. The second-order valence-corrected chi connectivity index (χ2v) is 7.52. The van der Waals surface area contributed by atoms with Gasteiger partial charge in [0.1, 0.15) is 5.56 Å². The number of carbonyl (C=O) groups is 2. The number of benzene rings is 1. The van der Waals surface area contributed by atoms with Gasteiger partial charge in [-0.2, -0.15) is 5.10 Å². The number of likely N-dealkylation sites (tertiary alicyclic amines) is 1. The maximum Gasteiger partial charge on any atom is 0.259 e. The van der Waals surface area contributed by atoms with Crippen LogP contribution in [0.2, 0.25) is 0 Å². The first kappa shape index (κ1) is 19.1. The van der Waals surface area contributed by atoms with E-state index in [4.69, 9.17) is 0 Å². The van der Waals surface area contributed by atoms with E-state index in [0.29, 0.717) is 23.3 Å². The van der Waals surface area contributed by atoms with E-state index in [2.05, 4.69) is 15.4 Å². The summed E-state index contributed by atoms with van der Waals surface area (Å²) < 4.78 is 1.65. The fourth-order valence-electron chi connectivity index (χ4n) is 3.89. The van der Waals surface area contributed by atoms with Crippen LogP contribution < -0.4 is 5.32 Å². The molecular weight excluding hydrogens is 366 g/mol. The second-order valence-electron chi connectivity index (χ2n) is 7.52. The van der Waals surface area contributed by atoms with E-state index in [9.17, 15) is 9.59 Å². The molecular formula is C22H25N5O2. The first-order chi connectivity index (χ1) is 14.1. The van der Waals surface area contributed by atoms with Crippen LogP contribution in [0.25, 0.3) is 5.65 Å². The highest BCUT2D eigenvalue weighted by atomic mass is 16.2. The van der Waals surface area contributed by atoms with Gasteiger partial charge in [-0.15, -0.1) is 0 Å². The van der Waals surface area contributed by atoms with Crippen LogP contribution in [0.5, 0.6) is 0 Å². The van der Waals surface area contributed by atoms with Crippen LogP contribution in [0, 0.1) is 6.92 Å². The molecule has 4 rings (SSSR count). The molecule has 3 heterocycles. The summed E-state index contributed by atoms with van der Waals surface area (Å²) in [5.74, 6) is -0.114.